The Kier molecular flexibility index (Phi) is 5.25. The molecule has 2 rings (SSSR count). The van der Waals surface area contributed by atoms with Crippen molar-refractivity contribution in [2.24, 2.45) is 5.41 Å². The highest BCUT2D eigenvalue weighted by atomic mass is 16.2. The minimum absolute atomic E-state index is 0.0310. The van der Waals surface area contributed by atoms with Crippen LogP contribution in [0.5, 0.6) is 0 Å². The van der Waals surface area contributed by atoms with E-state index in [1.165, 1.54) is 0 Å². The van der Waals surface area contributed by atoms with Crippen molar-refractivity contribution in [2.75, 3.05) is 19.6 Å². The molecule has 120 valence electrons. The molecular weight excluding hydrogens is 266 g/mol. The van der Waals surface area contributed by atoms with Crippen LogP contribution in [0.15, 0.2) is 0 Å². The minimum atomic E-state index is -0.262. The van der Waals surface area contributed by atoms with Crippen molar-refractivity contribution in [2.45, 2.75) is 65.0 Å². The molecule has 2 fully saturated rings. The first-order chi connectivity index (χ1) is 9.87. The number of likely N-dealkylation sites (tertiary alicyclic amines) is 1. The average Bonchev–Trinajstić information content (AvgIpc) is 2.87. The Balaban J connectivity index is 1.91. The monoisotopic (exact) mass is 295 g/mol. The van der Waals surface area contributed by atoms with Crippen LogP contribution in [-0.4, -0.2) is 48.4 Å². The molecule has 2 aliphatic heterocycles. The summed E-state index contributed by atoms with van der Waals surface area (Å²) in [4.78, 5) is 26.7. The highest BCUT2D eigenvalue weighted by molar-refractivity contribution is 5.88. The average molecular weight is 295 g/mol. The van der Waals surface area contributed by atoms with E-state index in [-0.39, 0.29) is 29.3 Å². The van der Waals surface area contributed by atoms with Gasteiger partial charge in [-0.3, -0.25) is 9.59 Å². The second kappa shape index (κ2) is 6.77. The molecule has 2 N–H and O–H groups in total. The SMILES string of the molecule is CC(C)(C)CC(=O)N1CCCC1C(=O)N[C@H]1CCCNC1. The van der Waals surface area contributed by atoms with Crippen molar-refractivity contribution >= 4 is 11.8 Å². The number of rotatable bonds is 3. The first-order valence-corrected chi connectivity index (χ1v) is 8.17. The van der Waals surface area contributed by atoms with Crippen LogP contribution in [-0.2, 0) is 9.59 Å². The van der Waals surface area contributed by atoms with E-state index in [1.807, 2.05) is 0 Å². The second-order valence-electron chi connectivity index (χ2n) is 7.53. The van der Waals surface area contributed by atoms with Gasteiger partial charge in [-0.1, -0.05) is 20.8 Å². The smallest absolute Gasteiger partial charge is 0.243 e. The summed E-state index contributed by atoms with van der Waals surface area (Å²) >= 11 is 0. The number of amides is 2. The van der Waals surface area contributed by atoms with E-state index in [0.717, 1.165) is 45.3 Å². The lowest BCUT2D eigenvalue weighted by Crippen LogP contribution is -2.52. The largest absolute Gasteiger partial charge is 0.350 e. The quantitative estimate of drug-likeness (QED) is 0.824. The second-order valence-corrected chi connectivity index (χ2v) is 7.53. The zero-order chi connectivity index (χ0) is 15.5. The van der Waals surface area contributed by atoms with Crippen LogP contribution < -0.4 is 10.6 Å². The Bertz CT molecular complexity index is 383. The predicted octanol–water partition coefficient (Wildman–Crippen LogP) is 1.28. The number of nitrogens with one attached hydrogen (secondary N) is 2. The molecule has 2 heterocycles. The number of carbonyl (C=O) groups excluding carboxylic acids is 2. The molecule has 2 saturated heterocycles. The summed E-state index contributed by atoms with van der Waals surface area (Å²) in [5.74, 6) is 0.144. The molecule has 21 heavy (non-hydrogen) atoms. The van der Waals surface area contributed by atoms with Crippen LogP contribution in [0, 0.1) is 5.41 Å². The van der Waals surface area contributed by atoms with E-state index in [4.69, 9.17) is 0 Å². The van der Waals surface area contributed by atoms with Crippen LogP contribution in [0.1, 0.15) is 52.9 Å². The van der Waals surface area contributed by atoms with Crippen molar-refractivity contribution in [3.63, 3.8) is 0 Å². The van der Waals surface area contributed by atoms with Crippen molar-refractivity contribution in [1.29, 1.82) is 0 Å². The van der Waals surface area contributed by atoms with E-state index in [9.17, 15) is 9.59 Å². The first kappa shape index (κ1) is 16.3. The van der Waals surface area contributed by atoms with Gasteiger partial charge in [-0.15, -0.1) is 0 Å². The van der Waals surface area contributed by atoms with Gasteiger partial charge < -0.3 is 15.5 Å². The third kappa shape index (κ3) is 4.70. The summed E-state index contributed by atoms with van der Waals surface area (Å²) in [5.41, 5.74) is -0.0337. The zero-order valence-corrected chi connectivity index (χ0v) is 13.6. The fourth-order valence-corrected chi connectivity index (χ4v) is 3.17. The van der Waals surface area contributed by atoms with Crippen LogP contribution >= 0.6 is 0 Å². The topological polar surface area (TPSA) is 61.4 Å². The third-order valence-corrected chi connectivity index (χ3v) is 4.20. The normalized spacial score (nSPS) is 26.7. The Morgan fingerprint density at radius 2 is 2.00 bits per heavy atom. The van der Waals surface area contributed by atoms with Gasteiger partial charge in [0.2, 0.25) is 11.8 Å². The van der Waals surface area contributed by atoms with Gasteiger partial charge in [-0.25, -0.2) is 0 Å². The lowest BCUT2D eigenvalue weighted by Gasteiger charge is -2.30. The van der Waals surface area contributed by atoms with Crippen LogP contribution in [0.3, 0.4) is 0 Å². The molecule has 0 saturated carbocycles. The van der Waals surface area contributed by atoms with Crippen molar-refractivity contribution in [3.8, 4) is 0 Å². The van der Waals surface area contributed by atoms with E-state index in [1.54, 1.807) is 4.90 Å². The van der Waals surface area contributed by atoms with Crippen LogP contribution in [0.4, 0.5) is 0 Å². The molecule has 0 aromatic heterocycles. The molecule has 2 amide bonds. The Hall–Kier alpha value is -1.10. The van der Waals surface area contributed by atoms with Gasteiger partial charge in [0.05, 0.1) is 0 Å². The molecule has 0 aliphatic carbocycles. The molecule has 0 aromatic carbocycles. The standard InChI is InChI=1S/C16H29N3O2/c1-16(2,3)10-14(20)19-9-5-7-13(19)15(21)18-12-6-4-8-17-11-12/h12-13,17H,4-11H2,1-3H3,(H,18,21)/t12-,13?/m0/s1. The Labute approximate surface area is 127 Å². The maximum atomic E-state index is 12.5. The predicted molar refractivity (Wildman–Crippen MR) is 82.8 cm³/mol. The van der Waals surface area contributed by atoms with Crippen molar-refractivity contribution in [3.05, 3.63) is 0 Å². The molecular formula is C16H29N3O2. The number of hydrogen-bond acceptors (Lipinski definition) is 3. The lowest BCUT2D eigenvalue weighted by molar-refractivity contribution is -0.140. The highest BCUT2D eigenvalue weighted by Gasteiger charge is 2.35. The fourth-order valence-electron chi connectivity index (χ4n) is 3.17. The van der Waals surface area contributed by atoms with Gasteiger partial charge in [-0.05, 0) is 37.6 Å². The molecule has 2 atom stereocenters. The van der Waals surface area contributed by atoms with Gasteiger partial charge in [0.25, 0.3) is 0 Å². The Morgan fingerprint density at radius 3 is 2.62 bits per heavy atom. The van der Waals surface area contributed by atoms with Crippen molar-refractivity contribution in [1.82, 2.24) is 15.5 Å². The summed E-state index contributed by atoms with van der Waals surface area (Å²) in [6.07, 6.45) is 4.35. The number of carbonyl (C=O) groups is 2. The van der Waals surface area contributed by atoms with Gasteiger partial charge in [0.15, 0.2) is 0 Å². The lowest BCUT2D eigenvalue weighted by atomic mass is 9.91. The van der Waals surface area contributed by atoms with E-state index < -0.39 is 0 Å². The number of piperidine rings is 1. The number of hydrogen-bond donors (Lipinski definition) is 2. The molecule has 0 aromatic rings. The molecule has 2 aliphatic rings. The summed E-state index contributed by atoms with van der Waals surface area (Å²) in [5, 5.41) is 6.41. The first-order valence-electron chi connectivity index (χ1n) is 8.17. The zero-order valence-electron chi connectivity index (χ0n) is 13.6. The molecule has 5 nitrogen and oxygen atoms in total. The summed E-state index contributed by atoms with van der Waals surface area (Å²) in [7, 11) is 0. The minimum Gasteiger partial charge on any atom is -0.350 e. The maximum Gasteiger partial charge on any atom is 0.243 e. The molecule has 5 heteroatoms. The van der Waals surface area contributed by atoms with Gasteiger partial charge in [0, 0.05) is 25.6 Å². The van der Waals surface area contributed by atoms with Crippen LogP contribution in [0.2, 0.25) is 0 Å². The summed E-state index contributed by atoms with van der Waals surface area (Å²) < 4.78 is 0. The molecule has 0 radical (unpaired) electrons. The number of nitrogens with zero attached hydrogens (tertiary/aromatic N) is 1. The maximum absolute atomic E-state index is 12.5. The van der Waals surface area contributed by atoms with Gasteiger partial charge in [-0.2, -0.15) is 0 Å². The molecule has 0 bridgehead atoms. The summed E-state index contributed by atoms with van der Waals surface area (Å²) in [6, 6.07) is -0.0480. The van der Waals surface area contributed by atoms with Gasteiger partial charge in [0.1, 0.15) is 6.04 Å². The van der Waals surface area contributed by atoms with E-state index >= 15 is 0 Å². The van der Waals surface area contributed by atoms with Crippen molar-refractivity contribution < 1.29 is 9.59 Å². The van der Waals surface area contributed by atoms with Crippen LogP contribution in [0.25, 0.3) is 0 Å². The summed E-state index contributed by atoms with van der Waals surface area (Å²) in [6.45, 7) is 8.77. The van der Waals surface area contributed by atoms with E-state index in [0.29, 0.717) is 6.42 Å². The van der Waals surface area contributed by atoms with Gasteiger partial charge >= 0.3 is 0 Å². The molecule has 0 spiro atoms. The van der Waals surface area contributed by atoms with E-state index in [2.05, 4.69) is 31.4 Å². The Morgan fingerprint density at radius 1 is 1.24 bits per heavy atom. The highest BCUT2D eigenvalue weighted by Crippen LogP contribution is 2.25. The fraction of sp³-hybridized carbons (Fsp3) is 0.875. The third-order valence-electron chi connectivity index (χ3n) is 4.20. The molecule has 1 unspecified atom stereocenters.